The SMILES string of the molecule is CC(CNC(=O)c1cc(S(=O)(=O)N(C)C)ccc1I)CN1CCCCC1. The van der Waals surface area contributed by atoms with Gasteiger partial charge in [-0.25, -0.2) is 12.7 Å². The van der Waals surface area contributed by atoms with Crippen molar-refractivity contribution in [3.05, 3.63) is 27.3 Å². The van der Waals surface area contributed by atoms with E-state index in [0.717, 1.165) is 27.5 Å². The third kappa shape index (κ3) is 5.64. The number of nitrogens with one attached hydrogen (secondary N) is 1. The van der Waals surface area contributed by atoms with Gasteiger partial charge in [0.1, 0.15) is 0 Å². The van der Waals surface area contributed by atoms with Gasteiger partial charge in [-0.3, -0.25) is 4.79 Å². The first kappa shape index (κ1) is 21.6. The minimum absolute atomic E-state index is 0.134. The van der Waals surface area contributed by atoms with Gasteiger partial charge >= 0.3 is 0 Å². The minimum atomic E-state index is -3.56. The Kier molecular flexibility index (Phi) is 7.87. The van der Waals surface area contributed by atoms with E-state index in [1.807, 2.05) is 0 Å². The van der Waals surface area contributed by atoms with Gasteiger partial charge in [-0.05, 0) is 72.6 Å². The molecule has 1 atom stereocenters. The van der Waals surface area contributed by atoms with Crippen LogP contribution >= 0.6 is 22.6 Å². The van der Waals surface area contributed by atoms with E-state index in [-0.39, 0.29) is 10.8 Å². The number of piperidine rings is 1. The average Bonchev–Trinajstić information content (AvgIpc) is 2.60. The number of benzene rings is 1. The monoisotopic (exact) mass is 493 g/mol. The van der Waals surface area contributed by atoms with Gasteiger partial charge in [0.2, 0.25) is 10.0 Å². The average molecular weight is 493 g/mol. The zero-order valence-electron chi connectivity index (χ0n) is 15.7. The van der Waals surface area contributed by atoms with Gasteiger partial charge in [0.05, 0.1) is 10.5 Å². The minimum Gasteiger partial charge on any atom is -0.352 e. The van der Waals surface area contributed by atoms with Crippen molar-refractivity contribution in [2.24, 2.45) is 5.92 Å². The molecule has 0 spiro atoms. The summed E-state index contributed by atoms with van der Waals surface area (Å²) in [5, 5.41) is 2.96. The first-order chi connectivity index (χ1) is 12.2. The van der Waals surface area contributed by atoms with Crippen molar-refractivity contribution < 1.29 is 13.2 Å². The summed E-state index contributed by atoms with van der Waals surface area (Å²) in [6.45, 7) is 5.97. The molecule has 0 bridgehead atoms. The normalized spacial score (nSPS) is 17.3. The molecule has 146 valence electrons. The van der Waals surface area contributed by atoms with E-state index in [2.05, 4.69) is 39.7 Å². The Balaban J connectivity index is 2.00. The summed E-state index contributed by atoms with van der Waals surface area (Å²) in [6, 6.07) is 4.66. The van der Waals surface area contributed by atoms with Crippen LogP contribution in [0.1, 0.15) is 36.5 Å². The van der Waals surface area contributed by atoms with Gasteiger partial charge in [-0.2, -0.15) is 0 Å². The van der Waals surface area contributed by atoms with Crippen LogP contribution in [0.5, 0.6) is 0 Å². The molecule has 6 nitrogen and oxygen atoms in total. The molecule has 1 aromatic rings. The van der Waals surface area contributed by atoms with E-state index in [4.69, 9.17) is 0 Å². The maximum atomic E-state index is 12.6. The van der Waals surface area contributed by atoms with Crippen molar-refractivity contribution >= 4 is 38.5 Å². The molecule has 0 aromatic heterocycles. The van der Waals surface area contributed by atoms with E-state index >= 15 is 0 Å². The first-order valence-corrected chi connectivity index (χ1v) is 11.5. The molecule has 2 rings (SSSR count). The standard InChI is InChI=1S/C18H28IN3O3S/c1-14(13-22-9-5-4-6-10-22)12-20-18(23)16-11-15(7-8-17(16)19)26(24,25)21(2)3/h7-8,11,14H,4-6,9-10,12-13H2,1-3H3,(H,20,23). The van der Waals surface area contributed by atoms with E-state index in [9.17, 15) is 13.2 Å². The second-order valence-corrected chi connectivity index (χ2v) is 10.4. The lowest BCUT2D eigenvalue weighted by Crippen LogP contribution is -2.38. The van der Waals surface area contributed by atoms with Gasteiger partial charge < -0.3 is 10.2 Å². The molecule has 0 saturated carbocycles. The van der Waals surface area contributed by atoms with Crippen LogP contribution in [0.3, 0.4) is 0 Å². The summed E-state index contributed by atoms with van der Waals surface area (Å²) in [5.41, 5.74) is 0.402. The Morgan fingerprint density at radius 3 is 2.54 bits per heavy atom. The summed E-state index contributed by atoms with van der Waals surface area (Å²) in [5.74, 6) is 0.124. The van der Waals surface area contributed by atoms with Crippen LogP contribution in [0.15, 0.2) is 23.1 Å². The number of carbonyl (C=O) groups excluding carboxylic acids is 1. The summed E-state index contributed by atoms with van der Waals surface area (Å²) < 4.78 is 26.5. The molecule has 1 N–H and O–H groups in total. The Bertz CT molecular complexity index is 731. The summed E-state index contributed by atoms with van der Waals surface area (Å²) >= 11 is 2.06. The molecule has 1 heterocycles. The second-order valence-electron chi connectivity index (χ2n) is 7.11. The lowest BCUT2D eigenvalue weighted by Gasteiger charge is -2.29. The van der Waals surface area contributed by atoms with Crippen LogP contribution in [0.25, 0.3) is 0 Å². The van der Waals surface area contributed by atoms with Crippen LogP contribution in [-0.2, 0) is 10.0 Å². The molecule has 1 amide bonds. The fourth-order valence-corrected chi connectivity index (χ4v) is 4.57. The van der Waals surface area contributed by atoms with Crippen molar-refractivity contribution in [2.45, 2.75) is 31.1 Å². The number of sulfonamides is 1. The largest absolute Gasteiger partial charge is 0.352 e. The van der Waals surface area contributed by atoms with Crippen LogP contribution in [0.2, 0.25) is 0 Å². The molecule has 1 aromatic carbocycles. The van der Waals surface area contributed by atoms with E-state index in [1.54, 1.807) is 6.07 Å². The van der Waals surface area contributed by atoms with Crippen molar-refractivity contribution in [2.75, 3.05) is 40.3 Å². The molecular formula is C18H28IN3O3S. The molecule has 1 unspecified atom stereocenters. The van der Waals surface area contributed by atoms with Crippen molar-refractivity contribution in [1.82, 2.24) is 14.5 Å². The molecular weight excluding hydrogens is 465 g/mol. The van der Waals surface area contributed by atoms with Gasteiger partial charge in [0, 0.05) is 30.8 Å². The highest BCUT2D eigenvalue weighted by Crippen LogP contribution is 2.20. The fourth-order valence-electron chi connectivity index (χ4n) is 3.06. The topological polar surface area (TPSA) is 69.7 Å². The number of rotatable bonds is 7. The zero-order chi connectivity index (χ0) is 19.3. The van der Waals surface area contributed by atoms with Crippen molar-refractivity contribution in [3.8, 4) is 0 Å². The lowest BCUT2D eigenvalue weighted by atomic mass is 10.1. The highest BCUT2D eigenvalue weighted by molar-refractivity contribution is 14.1. The summed E-state index contributed by atoms with van der Waals surface area (Å²) in [7, 11) is -0.594. The number of carbonyl (C=O) groups is 1. The number of amides is 1. The predicted molar refractivity (Wildman–Crippen MR) is 112 cm³/mol. The highest BCUT2D eigenvalue weighted by Gasteiger charge is 2.21. The smallest absolute Gasteiger partial charge is 0.252 e. The van der Waals surface area contributed by atoms with Crippen LogP contribution in [0, 0.1) is 9.49 Å². The van der Waals surface area contributed by atoms with Crippen molar-refractivity contribution in [1.29, 1.82) is 0 Å². The molecule has 0 radical (unpaired) electrons. The molecule has 0 aliphatic carbocycles. The summed E-state index contributed by atoms with van der Waals surface area (Å²) in [6.07, 6.45) is 3.82. The molecule has 1 fully saturated rings. The van der Waals surface area contributed by atoms with Crippen LogP contribution < -0.4 is 5.32 Å². The molecule has 1 aliphatic rings. The van der Waals surface area contributed by atoms with E-state index in [0.29, 0.717) is 18.0 Å². The predicted octanol–water partition coefficient (Wildman–Crippen LogP) is 2.39. The van der Waals surface area contributed by atoms with Crippen molar-refractivity contribution in [3.63, 3.8) is 0 Å². The van der Waals surface area contributed by atoms with E-state index in [1.165, 1.54) is 45.5 Å². The van der Waals surface area contributed by atoms with Gasteiger partial charge in [-0.1, -0.05) is 13.3 Å². The molecule has 1 aliphatic heterocycles. The summed E-state index contributed by atoms with van der Waals surface area (Å²) in [4.78, 5) is 15.2. The van der Waals surface area contributed by atoms with Gasteiger partial charge in [0.25, 0.3) is 5.91 Å². The number of nitrogens with zero attached hydrogens (tertiary/aromatic N) is 2. The quantitative estimate of drug-likeness (QED) is 0.593. The van der Waals surface area contributed by atoms with Gasteiger partial charge in [0.15, 0.2) is 0 Å². The van der Waals surface area contributed by atoms with Gasteiger partial charge in [-0.15, -0.1) is 0 Å². The fraction of sp³-hybridized carbons (Fsp3) is 0.611. The highest BCUT2D eigenvalue weighted by atomic mass is 127. The van der Waals surface area contributed by atoms with Crippen LogP contribution in [0.4, 0.5) is 0 Å². The lowest BCUT2D eigenvalue weighted by molar-refractivity contribution is 0.0941. The zero-order valence-corrected chi connectivity index (χ0v) is 18.6. The van der Waals surface area contributed by atoms with E-state index < -0.39 is 10.0 Å². The molecule has 8 heteroatoms. The Morgan fingerprint density at radius 2 is 1.92 bits per heavy atom. The molecule has 26 heavy (non-hydrogen) atoms. The number of hydrogen-bond donors (Lipinski definition) is 1. The first-order valence-electron chi connectivity index (χ1n) is 8.94. The Morgan fingerprint density at radius 1 is 1.27 bits per heavy atom. The maximum absolute atomic E-state index is 12.6. The molecule has 1 saturated heterocycles. The number of likely N-dealkylation sites (tertiary alicyclic amines) is 1. The third-order valence-electron chi connectivity index (χ3n) is 4.59. The maximum Gasteiger partial charge on any atom is 0.252 e. The Hall–Kier alpha value is -0.710. The number of hydrogen-bond acceptors (Lipinski definition) is 4. The van der Waals surface area contributed by atoms with Crippen LogP contribution in [-0.4, -0.2) is 63.8 Å². The Labute approximate surface area is 170 Å². The third-order valence-corrected chi connectivity index (χ3v) is 7.34. The number of halogens is 1. The second kappa shape index (κ2) is 9.48.